The molecule has 4 heterocycles. The fraction of sp³-hybridized carbons (Fsp3) is 0.176. The Morgan fingerprint density at radius 1 is 1.04 bits per heavy atom. The van der Waals surface area contributed by atoms with Crippen LogP contribution in [0.5, 0.6) is 0 Å². The molecule has 3 aromatic heterocycles. The van der Waals surface area contributed by atoms with Crippen LogP contribution in [0.15, 0.2) is 77.2 Å². The molecule has 0 fully saturated rings. The van der Waals surface area contributed by atoms with Crippen LogP contribution in [0.1, 0.15) is 28.9 Å². The number of fused-ring (bicyclic) bond motifs is 6. The summed E-state index contributed by atoms with van der Waals surface area (Å²) in [6.45, 7) is 2.08. The SMILES string of the molecule is CNC(=O)c1c(-c2ccc(F)cc2)oc2cc(N(C)S(C)(=O)=O)c(-c3ccc4c(n3)-c3cc5c(F)cccc5n3C(C)C4)cc12. The van der Waals surface area contributed by atoms with Crippen molar-refractivity contribution in [1.82, 2.24) is 14.9 Å². The van der Waals surface area contributed by atoms with E-state index in [2.05, 4.69) is 16.8 Å². The van der Waals surface area contributed by atoms with Gasteiger partial charge in [-0.3, -0.25) is 9.10 Å². The van der Waals surface area contributed by atoms with Crippen LogP contribution in [0.2, 0.25) is 0 Å². The molecule has 7 rings (SSSR count). The molecule has 0 spiro atoms. The fourth-order valence-electron chi connectivity index (χ4n) is 6.24. The van der Waals surface area contributed by atoms with Crippen LogP contribution in [0.3, 0.4) is 0 Å². The van der Waals surface area contributed by atoms with E-state index >= 15 is 0 Å². The lowest BCUT2D eigenvalue weighted by Gasteiger charge is -2.26. The van der Waals surface area contributed by atoms with Gasteiger partial charge in [0.2, 0.25) is 10.0 Å². The summed E-state index contributed by atoms with van der Waals surface area (Å²) in [6.07, 6.45) is 1.77. The largest absolute Gasteiger partial charge is 0.455 e. The maximum absolute atomic E-state index is 14.8. The quantitative estimate of drug-likeness (QED) is 0.224. The van der Waals surface area contributed by atoms with Gasteiger partial charge in [0.15, 0.2) is 0 Å². The van der Waals surface area contributed by atoms with Gasteiger partial charge in [-0.05, 0) is 73.5 Å². The van der Waals surface area contributed by atoms with Crippen LogP contribution < -0.4 is 9.62 Å². The minimum atomic E-state index is -3.73. The second-order valence-corrected chi connectivity index (χ2v) is 13.3. The Morgan fingerprint density at radius 2 is 1.80 bits per heavy atom. The molecule has 1 N–H and O–H groups in total. The smallest absolute Gasteiger partial charge is 0.255 e. The minimum Gasteiger partial charge on any atom is -0.455 e. The highest BCUT2D eigenvalue weighted by atomic mass is 32.2. The van der Waals surface area contributed by atoms with Gasteiger partial charge in [-0.1, -0.05) is 12.1 Å². The second-order valence-electron chi connectivity index (χ2n) is 11.3. The number of aromatic nitrogens is 2. The Kier molecular flexibility index (Phi) is 6.55. The van der Waals surface area contributed by atoms with Crippen molar-refractivity contribution >= 4 is 43.5 Å². The fourth-order valence-corrected chi connectivity index (χ4v) is 6.75. The van der Waals surface area contributed by atoms with Crippen molar-refractivity contribution in [1.29, 1.82) is 0 Å². The summed E-state index contributed by atoms with van der Waals surface area (Å²) in [7, 11) is -0.803. The third kappa shape index (κ3) is 4.57. The van der Waals surface area contributed by atoms with E-state index < -0.39 is 21.7 Å². The number of halogens is 2. The van der Waals surface area contributed by atoms with Gasteiger partial charge in [-0.15, -0.1) is 0 Å². The molecule has 1 atom stereocenters. The van der Waals surface area contributed by atoms with Crippen LogP contribution in [0.4, 0.5) is 14.5 Å². The van der Waals surface area contributed by atoms with E-state index in [1.807, 2.05) is 18.2 Å². The maximum atomic E-state index is 14.8. The zero-order chi connectivity index (χ0) is 31.8. The van der Waals surface area contributed by atoms with Crippen molar-refractivity contribution < 1.29 is 26.4 Å². The number of carbonyl (C=O) groups excluding carboxylic acids is 1. The van der Waals surface area contributed by atoms with E-state index in [9.17, 15) is 22.0 Å². The Labute approximate surface area is 258 Å². The van der Waals surface area contributed by atoms with Crippen molar-refractivity contribution in [3.63, 3.8) is 0 Å². The van der Waals surface area contributed by atoms with Crippen LogP contribution >= 0.6 is 0 Å². The molecule has 6 aromatic rings. The van der Waals surface area contributed by atoms with E-state index in [4.69, 9.17) is 9.40 Å². The molecule has 0 bridgehead atoms. The number of amides is 1. The molecule has 0 aliphatic carbocycles. The third-order valence-electron chi connectivity index (χ3n) is 8.49. The molecule has 1 aliphatic heterocycles. The van der Waals surface area contributed by atoms with Crippen molar-refractivity contribution in [3.05, 3.63) is 95.6 Å². The number of sulfonamides is 1. The minimum absolute atomic E-state index is 0.0636. The van der Waals surface area contributed by atoms with Crippen molar-refractivity contribution in [2.24, 2.45) is 0 Å². The molecule has 0 saturated heterocycles. The number of hydrogen-bond acceptors (Lipinski definition) is 5. The van der Waals surface area contributed by atoms with Crippen molar-refractivity contribution in [2.45, 2.75) is 19.4 Å². The van der Waals surface area contributed by atoms with Gasteiger partial charge in [-0.25, -0.2) is 22.2 Å². The van der Waals surface area contributed by atoms with E-state index in [-0.39, 0.29) is 34.5 Å². The first kappa shape index (κ1) is 28.7. The number of pyridine rings is 1. The van der Waals surface area contributed by atoms with Crippen LogP contribution in [0.25, 0.3) is 55.8 Å². The first-order valence-electron chi connectivity index (χ1n) is 14.3. The van der Waals surface area contributed by atoms with E-state index in [1.54, 1.807) is 24.3 Å². The standard InChI is InChI=1S/C34H28F2N4O4S/c1-18-14-20-10-13-26(38-32(20)29-16-22-25(36)6-5-7-27(22)40(18)29)23-15-24-30(17-28(23)39(3)45(4,42)43)44-33(31(24)34(41)37-2)19-8-11-21(35)12-9-19/h5-13,15-18H,14H2,1-4H3,(H,37,41). The molecule has 3 aromatic carbocycles. The first-order valence-corrected chi connectivity index (χ1v) is 16.1. The van der Waals surface area contributed by atoms with Gasteiger partial charge in [0, 0.05) is 48.1 Å². The van der Waals surface area contributed by atoms with Gasteiger partial charge in [-0.2, -0.15) is 0 Å². The highest BCUT2D eigenvalue weighted by molar-refractivity contribution is 7.92. The van der Waals surface area contributed by atoms with E-state index in [0.717, 1.165) is 27.3 Å². The van der Waals surface area contributed by atoms with Crippen LogP contribution in [-0.2, 0) is 16.4 Å². The molecule has 1 amide bonds. The van der Waals surface area contributed by atoms with Crippen molar-refractivity contribution in [2.75, 3.05) is 24.7 Å². The third-order valence-corrected chi connectivity index (χ3v) is 9.68. The van der Waals surface area contributed by atoms with Crippen LogP contribution in [-0.4, -0.2) is 44.2 Å². The number of hydrogen-bond donors (Lipinski definition) is 1. The summed E-state index contributed by atoms with van der Waals surface area (Å²) in [5, 5.41) is 3.58. The molecule has 8 nitrogen and oxygen atoms in total. The molecule has 0 saturated carbocycles. The first-order chi connectivity index (χ1) is 21.5. The zero-order valence-corrected chi connectivity index (χ0v) is 25.7. The average molecular weight is 627 g/mol. The van der Waals surface area contributed by atoms with E-state index in [0.29, 0.717) is 39.7 Å². The number of nitrogens with one attached hydrogen (secondary N) is 1. The predicted molar refractivity (Wildman–Crippen MR) is 171 cm³/mol. The molecular weight excluding hydrogens is 598 g/mol. The topological polar surface area (TPSA) is 97.4 Å². The number of anilines is 1. The highest BCUT2D eigenvalue weighted by Crippen LogP contribution is 2.44. The molecule has 45 heavy (non-hydrogen) atoms. The van der Waals surface area contributed by atoms with Gasteiger partial charge in [0.25, 0.3) is 5.91 Å². The predicted octanol–water partition coefficient (Wildman–Crippen LogP) is 6.93. The molecule has 228 valence electrons. The lowest BCUT2D eigenvalue weighted by Crippen LogP contribution is -2.25. The molecule has 11 heteroatoms. The summed E-state index contributed by atoms with van der Waals surface area (Å²) < 4.78 is 63.6. The van der Waals surface area contributed by atoms with Crippen molar-refractivity contribution in [3.8, 4) is 34.0 Å². The average Bonchev–Trinajstić information content (AvgIpc) is 3.60. The summed E-state index contributed by atoms with van der Waals surface area (Å²) in [4.78, 5) is 18.3. The monoisotopic (exact) mass is 626 g/mol. The normalized spacial score (nSPS) is 14.4. The lowest BCUT2D eigenvalue weighted by molar-refractivity contribution is 0.0964. The number of nitrogens with zero attached hydrogens (tertiary/aromatic N) is 3. The highest BCUT2D eigenvalue weighted by Gasteiger charge is 2.29. The zero-order valence-electron chi connectivity index (χ0n) is 24.9. The lowest BCUT2D eigenvalue weighted by atomic mass is 9.96. The number of benzene rings is 3. The Hall–Kier alpha value is -5.03. The van der Waals surface area contributed by atoms with Gasteiger partial charge in [0.05, 0.1) is 40.1 Å². The second kappa shape index (κ2) is 10.3. The summed E-state index contributed by atoms with van der Waals surface area (Å²) >= 11 is 0. The maximum Gasteiger partial charge on any atom is 0.255 e. The molecule has 1 aliphatic rings. The van der Waals surface area contributed by atoms with Gasteiger partial charge < -0.3 is 14.3 Å². The molecule has 0 radical (unpaired) electrons. The van der Waals surface area contributed by atoms with Gasteiger partial charge >= 0.3 is 0 Å². The Balaban J connectivity index is 1.50. The summed E-state index contributed by atoms with van der Waals surface area (Å²) in [6, 6.07) is 19.5. The number of rotatable bonds is 5. The number of furan rings is 1. The van der Waals surface area contributed by atoms with Crippen LogP contribution in [0, 0.1) is 11.6 Å². The molecular formula is C34H28F2N4O4S. The van der Waals surface area contributed by atoms with Gasteiger partial charge in [0.1, 0.15) is 23.0 Å². The molecule has 1 unspecified atom stereocenters. The Bertz CT molecular complexity index is 2290. The summed E-state index contributed by atoms with van der Waals surface area (Å²) in [5.41, 5.74) is 5.34. The number of carbonyl (C=O) groups is 1. The summed E-state index contributed by atoms with van der Waals surface area (Å²) in [5.74, 6) is -0.971. The Morgan fingerprint density at radius 3 is 2.51 bits per heavy atom. The van der Waals surface area contributed by atoms with E-state index in [1.165, 1.54) is 44.4 Å².